The zero-order valence-corrected chi connectivity index (χ0v) is 11.9. The number of hydrogen-bond donors (Lipinski definition) is 2. The van der Waals surface area contributed by atoms with Crippen molar-refractivity contribution in [3.63, 3.8) is 0 Å². The first-order valence-corrected chi connectivity index (χ1v) is 7.85. The molecule has 0 aromatic heterocycles. The summed E-state index contributed by atoms with van der Waals surface area (Å²) in [6.45, 7) is 0.510. The molecule has 20 heavy (non-hydrogen) atoms. The van der Waals surface area contributed by atoms with Gasteiger partial charge in [0.15, 0.2) is 0 Å². The van der Waals surface area contributed by atoms with E-state index in [4.69, 9.17) is 5.11 Å². The minimum absolute atomic E-state index is 0.0469. The van der Waals surface area contributed by atoms with Gasteiger partial charge >= 0.3 is 5.97 Å². The van der Waals surface area contributed by atoms with E-state index in [9.17, 15) is 9.59 Å². The number of carboxylic acids is 1. The molecule has 2 N–H and O–H groups in total. The normalized spacial score (nSPS) is 32.1. The molecule has 2 aliphatic heterocycles. The molecule has 3 fully saturated rings. The molecule has 3 aliphatic rings. The zero-order chi connectivity index (χ0) is 14.1. The Bertz CT molecular complexity index is 383. The summed E-state index contributed by atoms with van der Waals surface area (Å²) >= 11 is 0. The van der Waals surface area contributed by atoms with E-state index >= 15 is 0 Å². The summed E-state index contributed by atoms with van der Waals surface area (Å²) in [7, 11) is 0. The third-order valence-electron chi connectivity index (χ3n) is 4.89. The van der Waals surface area contributed by atoms with Crippen LogP contribution in [0.15, 0.2) is 0 Å². The number of aliphatic carboxylic acids is 1. The van der Waals surface area contributed by atoms with E-state index in [1.807, 2.05) is 0 Å². The number of nitrogens with zero attached hydrogens (tertiary/aromatic N) is 1. The van der Waals surface area contributed by atoms with Crippen molar-refractivity contribution in [3.8, 4) is 0 Å². The second-order valence-electron chi connectivity index (χ2n) is 6.79. The highest BCUT2D eigenvalue weighted by Crippen LogP contribution is 2.34. The SMILES string of the molecule is O=C(O)CN(CC1CC1)C(=O)CC1CC2CCC(C1)N2. The van der Waals surface area contributed by atoms with E-state index in [0.717, 1.165) is 25.7 Å². The Morgan fingerprint density at radius 3 is 2.25 bits per heavy atom. The summed E-state index contributed by atoms with van der Waals surface area (Å²) in [4.78, 5) is 24.9. The quantitative estimate of drug-likeness (QED) is 0.768. The summed E-state index contributed by atoms with van der Waals surface area (Å²) < 4.78 is 0. The summed E-state index contributed by atoms with van der Waals surface area (Å²) in [6.07, 6.45) is 7.43. The second kappa shape index (κ2) is 5.72. The van der Waals surface area contributed by atoms with Gasteiger partial charge in [0.2, 0.25) is 5.91 Å². The second-order valence-corrected chi connectivity index (χ2v) is 6.79. The van der Waals surface area contributed by atoms with Crippen LogP contribution in [0.5, 0.6) is 0 Å². The van der Waals surface area contributed by atoms with Crippen LogP contribution >= 0.6 is 0 Å². The fourth-order valence-corrected chi connectivity index (χ4v) is 3.75. The third-order valence-corrected chi connectivity index (χ3v) is 4.89. The summed E-state index contributed by atoms with van der Waals surface area (Å²) in [5.74, 6) is 0.134. The van der Waals surface area contributed by atoms with Crippen molar-refractivity contribution in [2.75, 3.05) is 13.1 Å². The average molecular weight is 280 g/mol. The first-order valence-electron chi connectivity index (χ1n) is 7.85. The van der Waals surface area contributed by atoms with Crippen LogP contribution in [-0.2, 0) is 9.59 Å². The molecule has 5 heteroatoms. The van der Waals surface area contributed by atoms with Gasteiger partial charge in [-0.25, -0.2) is 0 Å². The Labute approximate surface area is 119 Å². The third kappa shape index (κ3) is 3.51. The van der Waals surface area contributed by atoms with Gasteiger partial charge in [0, 0.05) is 25.0 Å². The Morgan fingerprint density at radius 1 is 1.05 bits per heavy atom. The number of piperidine rings is 1. The molecular weight excluding hydrogens is 256 g/mol. The number of nitrogens with one attached hydrogen (secondary N) is 1. The van der Waals surface area contributed by atoms with Crippen LogP contribution in [0.4, 0.5) is 0 Å². The monoisotopic (exact) mass is 280 g/mol. The number of carbonyl (C=O) groups is 2. The predicted molar refractivity (Wildman–Crippen MR) is 74.2 cm³/mol. The molecule has 0 radical (unpaired) electrons. The van der Waals surface area contributed by atoms with Gasteiger partial charge in [0.1, 0.15) is 6.54 Å². The Hall–Kier alpha value is -1.10. The molecule has 2 atom stereocenters. The van der Waals surface area contributed by atoms with Crippen molar-refractivity contribution in [2.45, 2.75) is 57.0 Å². The van der Waals surface area contributed by atoms with Crippen LogP contribution in [0.1, 0.15) is 44.9 Å². The van der Waals surface area contributed by atoms with E-state index in [1.54, 1.807) is 4.90 Å². The predicted octanol–water partition coefficient (Wildman–Crippen LogP) is 1.23. The smallest absolute Gasteiger partial charge is 0.323 e. The van der Waals surface area contributed by atoms with Gasteiger partial charge in [-0.3, -0.25) is 9.59 Å². The lowest BCUT2D eigenvalue weighted by atomic mass is 9.89. The molecule has 3 rings (SSSR count). The maximum atomic E-state index is 12.4. The first kappa shape index (κ1) is 13.9. The van der Waals surface area contributed by atoms with Crippen LogP contribution in [0.25, 0.3) is 0 Å². The minimum Gasteiger partial charge on any atom is -0.480 e. The number of fused-ring (bicyclic) bond motifs is 2. The van der Waals surface area contributed by atoms with E-state index < -0.39 is 5.97 Å². The minimum atomic E-state index is -0.899. The number of hydrogen-bond acceptors (Lipinski definition) is 3. The van der Waals surface area contributed by atoms with Crippen molar-refractivity contribution < 1.29 is 14.7 Å². The molecule has 1 amide bonds. The number of rotatable bonds is 6. The summed E-state index contributed by atoms with van der Waals surface area (Å²) in [6, 6.07) is 1.17. The lowest BCUT2D eigenvalue weighted by Gasteiger charge is -2.30. The van der Waals surface area contributed by atoms with Crippen molar-refractivity contribution in [2.24, 2.45) is 11.8 Å². The standard InChI is InChI=1S/C15H24N2O3/c18-14(17(9-15(19)20)8-10-1-2-10)7-11-5-12-3-4-13(6-11)16-12/h10-13,16H,1-9H2,(H,19,20). The van der Waals surface area contributed by atoms with Gasteiger partial charge in [0.05, 0.1) is 0 Å². The molecule has 0 aromatic rings. The largest absolute Gasteiger partial charge is 0.480 e. The van der Waals surface area contributed by atoms with Gasteiger partial charge in [-0.05, 0) is 50.4 Å². The zero-order valence-electron chi connectivity index (χ0n) is 11.9. The molecule has 2 heterocycles. The molecule has 2 unspecified atom stereocenters. The molecule has 1 aliphatic carbocycles. The van der Waals surface area contributed by atoms with Crippen molar-refractivity contribution in [3.05, 3.63) is 0 Å². The Morgan fingerprint density at radius 2 is 1.70 bits per heavy atom. The summed E-state index contributed by atoms with van der Waals surface area (Å²) in [5, 5.41) is 12.5. The van der Waals surface area contributed by atoms with E-state index in [2.05, 4.69) is 5.32 Å². The van der Waals surface area contributed by atoms with Crippen molar-refractivity contribution >= 4 is 11.9 Å². The molecular formula is C15H24N2O3. The number of carboxylic acid groups (broad SMARTS) is 1. The van der Waals surface area contributed by atoms with E-state index in [-0.39, 0.29) is 12.5 Å². The van der Waals surface area contributed by atoms with Crippen LogP contribution < -0.4 is 5.32 Å². The molecule has 1 saturated carbocycles. The van der Waals surface area contributed by atoms with Gasteiger partial charge in [0.25, 0.3) is 0 Å². The molecule has 2 bridgehead atoms. The molecule has 5 nitrogen and oxygen atoms in total. The lowest BCUT2D eigenvalue weighted by Crippen LogP contribution is -2.42. The summed E-state index contributed by atoms with van der Waals surface area (Å²) in [5.41, 5.74) is 0. The first-order chi connectivity index (χ1) is 9.60. The fraction of sp³-hybridized carbons (Fsp3) is 0.867. The van der Waals surface area contributed by atoms with Crippen LogP contribution in [0, 0.1) is 11.8 Å². The molecule has 2 saturated heterocycles. The fourth-order valence-electron chi connectivity index (χ4n) is 3.75. The Balaban J connectivity index is 1.53. The van der Waals surface area contributed by atoms with Gasteiger partial charge in [-0.2, -0.15) is 0 Å². The average Bonchev–Trinajstić information content (AvgIpc) is 3.13. The van der Waals surface area contributed by atoms with Crippen molar-refractivity contribution in [1.29, 1.82) is 0 Å². The van der Waals surface area contributed by atoms with Crippen LogP contribution in [-0.4, -0.2) is 47.1 Å². The van der Waals surface area contributed by atoms with Crippen molar-refractivity contribution in [1.82, 2.24) is 10.2 Å². The maximum Gasteiger partial charge on any atom is 0.323 e. The topological polar surface area (TPSA) is 69.6 Å². The van der Waals surface area contributed by atoms with Gasteiger partial charge in [-0.1, -0.05) is 0 Å². The van der Waals surface area contributed by atoms with E-state index in [0.29, 0.717) is 36.9 Å². The maximum absolute atomic E-state index is 12.4. The van der Waals surface area contributed by atoms with E-state index in [1.165, 1.54) is 12.8 Å². The highest BCUT2D eigenvalue weighted by atomic mass is 16.4. The number of carbonyl (C=O) groups excluding carboxylic acids is 1. The number of amides is 1. The molecule has 112 valence electrons. The van der Waals surface area contributed by atoms with Crippen LogP contribution in [0.3, 0.4) is 0 Å². The highest BCUT2D eigenvalue weighted by Gasteiger charge is 2.35. The van der Waals surface area contributed by atoms with Gasteiger partial charge in [-0.15, -0.1) is 0 Å². The van der Waals surface area contributed by atoms with Crippen LogP contribution in [0.2, 0.25) is 0 Å². The molecule has 0 spiro atoms. The highest BCUT2D eigenvalue weighted by molar-refractivity contribution is 5.81. The Kier molecular flexibility index (Phi) is 3.96. The van der Waals surface area contributed by atoms with Gasteiger partial charge < -0.3 is 15.3 Å². The lowest BCUT2D eigenvalue weighted by molar-refractivity contribution is -0.145. The molecule has 0 aromatic carbocycles.